The summed E-state index contributed by atoms with van der Waals surface area (Å²) in [5.74, 6) is 0.0275. The number of fused-ring (bicyclic) bond motifs is 1. The van der Waals surface area contributed by atoms with Gasteiger partial charge in [0, 0.05) is 23.3 Å². The molecule has 1 saturated carbocycles. The average molecular weight is 456 g/mol. The van der Waals surface area contributed by atoms with E-state index in [2.05, 4.69) is 20.6 Å². The summed E-state index contributed by atoms with van der Waals surface area (Å²) in [4.78, 5) is 36.0. The second kappa shape index (κ2) is 7.67. The molecule has 1 spiro atoms. The number of carbonyl (C=O) groups excluding carboxylic acids is 2. The summed E-state index contributed by atoms with van der Waals surface area (Å²) in [7, 11) is 1.50. The quantitative estimate of drug-likeness (QED) is 0.608. The van der Waals surface area contributed by atoms with E-state index >= 15 is 0 Å². The fraction of sp³-hybridized carbons (Fsp3) is 0.364. The molecule has 32 heavy (non-hydrogen) atoms. The van der Waals surface area contributed by atoms with Crippen molar-refractivity contribution in [3.05, 3.63) is 46.7 Å². The average Bonchev–Trinajstić information content (AvgIpc) is 3.39. The largest absolute Gasteiger partial charge is 0.493 e. The van der Waals surface area contributed by atoms with Gasteiger partial charge in [0.05, 0.1) is 24.9 Å². The molecule has 1 aliphatic heterocycles. The van der Waals surface area contributed by atoms with E-state index in [9.17, 15) is 9.59 Å². The fourth-order valence-corrected chi connectivity index (χ4v) is 4.10. The summed E-state index contributed by atoms with van der Waals surface area (Å²) < 4.78 is 11.3. The molecule has 2 aliphatic rings. The molecule has 1 aromatic carbocycles. The summed E-state index contributed by atoms with van der Waals surface area (Å²) in [6, 6.07) is 6.45. The van der Waals surface area contributed by atoms with E-state index in [4.69, 9.17) is 20.8 Å². The van der Waals surface area contributed by atoms with Crippen molar-refractivity contribution in [2.75, 3.05) is 19.0 Å². The molecule has 9 nitrogen and oxygen atoms in total. The molecule has 10 heteroatoms. The lowest BCUT2D eigenvalue weighted by Crippen LogP contribution is -2.61. The highest BCUT2D eigenvalue weighted by atomic mass is 35.5. The Morgan fingerprint density at radius 1 is 1.41 bits per heavy atom. The Morgan fingerprint density at radius 3 is 2.94 bits per heavy atom. The molecule has 0 bridgehead atoms. The number of methoxy groups -OCH3 is 1. The van der Waals surface area contributed by atoms with Gasteiger partial charge >= 0.3 is 0 Å². The zero-order chi connectivity index (χ0) is 22.5. The number of carbonyl (C=O) groups is 2. The van der Waals surface area contributed by atoms with Crippen LogP contribution in [0.25, 0.3) is 11.1 Å². The van der Waals surface area contributed by atoms with Crippen LogP contribution in [0.4, 0.5) is 6.01 Å². The van der Waals surface area contributed by atoms with Crippen molar-refractivity contribution in [1.82, 2.24) is 20.2 Å². The maximum atomic E-state index is 13.3. The predicted octanol–water partition coefficient (Wildman–Crippen LogP) is 2.99. The molecular weight excluding hydrogens is 434 g/mol. The monoisotopic (exact) mass is 455 g/mol. The second-order valence-corrected chi connectivity index (χ2v) is 8.68. The minimum Gasteiger partial charge on any atom is -0.493 e. The van der Waals surface area contributed by atoms with E-state index in [0.717, 1.165) is 18.5 Å². The molecule has 2 aromatic heterocycles. The number of benzene rings is 1. The highest BCUT2D eigenvalue weighted by Gasteiger charge is 2.51. The number of oxazole rings is 1. The lowest BCUT2D eigenvalue weighted by Gasteiger charge is -2.38. The zero-order valence-corrected chi connectivity index (χ0v) is 18.4. The van der Waals surface area contributed by atoms with Gasteiger partial charge in [-0.05, 0) is 44.0 Å². The lowest BCUT2D eigenvalue weighted by molar-refractivity contribution is -0.129. The number of aromatic nitrogens is 2. The van der Waals surface area contributed by atoms with E-state index in [1.165, 1.54) is 7.11 Å². The first-order valence-corrected chi connectivity index (χ1v) is 10.7. The molecule has 5 rings (SSSR count). The third-order valence-corrected chi connectivity index (χ3v) is 6.18. The molecule has 2 amide bonds. The SMILES string of the molecule is COc1cc(C(=O)N2CC3(CC3)NC(=O)C2C)cc2nc(NCc3cc(Cl)ccn3)oc12. The maximum absolute atomic E-state index is 13.3. The molecule has 1 saturated heterocycles. The zero-order valence-electron chi connectivity index (χ0n) is 17.6. The number of rotatable bonds is 5. The number of nitrogens with one attached hydrogen (secondary N) is 2. The maximum Gasteiger partial charge on any atom is 0.296 e. The molecule has 166 valence electrons. The van der Waals surface area contributed by atoms with E-state index in [0.29, 0.717) is 40.5 Å². The van der Waals surface area contributed by atoms with Crippen LogP contribution in [0.1, 0.15) is 35.8 Å². The van der Waals surface area contributed by atoms with Crippen LogP contribution in [0.2, 0.25) is 5.02 Å². The van der Waals surface area contributed by atoms with Crippen LogP contribution in [-0.2, 0) is 11.3 Å². The molecule has 1 atom stereocenters. The first kappa shape index (κ1) is 20.6. The van der Waals surface area contributed by atoms with Crippen LogP contribution in [-0.4, -0.2) is 51.9 Å². The molecular formula is C22H22ClN5O4. The third-order valence-electron chi connectivity index (χ3n) is 5.94. The minimum atomic E-state index is -0.546. The van der Waals surface area contributed by atoms with E-state index in [1.54, 1.807) is 42.3 Å². The van der Waals surface area contributed by atoms with E-state index in [-0.39, 0.29) is 23.4 Å². The Hall–Kier alpha value is -3.33. The molecule has 0 radical (unpaired) electrons. The summed E-state index contributed by atoms with van der Waals surface area (Å²) in [5.41, 5.74) is 1.75. The van der Waals surface area contributed by atoms with Gasteiger partial charge in [-0.15, -0.1) is 0 Å². The van der Waals surface area contributed by atoms with E-state index < -0.39 is 6.04 Å². The summed E-state index contributed by atoms with van der Waals surface area (Å²) >= 11 is 6.00. The van der Waals surface area contributed by atoms with Crippen molar-refractivity contribution in [3.63, 3.8) is 0 Å². The van der Waals surface area contributed by atoms with Gasteiger partial charge in [-0.25, -0.2) is 0 Å². The number of anilines is 1. The Kier molecular flexibility index (Phi) is 4.93. The van der Waals surface area contributed by atoms with Crippen LogP contribution < -0.4 is 15.4 Å². The van der Waals surface area contributed by atoms with Crippen LogP contribution in [0.5, 0.6) is 5.75 Å². The highest BCUT2D eigenvalue weighted by Crippen LogP contribution is 2.39. The smallest absolute Gasteiger partial charge is 0.296 e. The highest BCUT2D eigenvalue weighted by molar-refractivity contribution is 6.30. The van der Waals surface area contributed by atoms with Crippen molar-refractivity contribution in [3.8, 4) is 5.75 Å². The summed E-state index contributed by atoms with van der Waals surface area (Å²) in [6.07, 6.45) is 3.40. The minimum absolute atomic E-state index is 0.127. The lowest BCUT2D eigenvalue weighted by atomic mass is 10.1. The van der Waals surface area contributed by atoms with Gasteiger partial charge in [-0.2, -0.15) is 4.98 Å². The molecule has 3 aromatic rings. The topological polar surface area (TPSA) is 110 Å². The van der Waals surface area contributed by atoms with Crippen molar-refractivity contribution in [1.29, 1.82) is 0 Å². The summed E-state index contributed by atoms with van der Waals surface area (Å²) in [6.45, 7) is 2.60. The van der Waals surface area contributed by atoms with Gasteiger partial charge < -0.3 is 24.7 Å². The molecule has 1 unspecified atom stereocenters. The van der Waals surface area contributed by atoms with Crippen LogP contribution in [0.15, 0.2) is 34.9 Å². The summed E-state index contributed by atoms with van der Waals surface area (Å²) in [5, 5.41) is 6.69. The number of hydrogen-bond donors (Lipinski definition) is 2. The van der Waals surface area contributed by atoms with Gasteiger partial charge in [0.25, 0.3) is 11.9 Å². The van der Waals surface area contributed by atoms with Gasteiger partial charge in [-0.3, -0.25) is 14.6 Å². The number of hydrogen-bond acceptors (Lipinski definition) is 7. The first-order chi connectivity index (χ1) is 15.4. The van der Waals surface area contributed by atoms with Crippen LogP contribution in [0.3, 0.4) is 0 Å². The van der Waals surface area contributed by atoms with Crippen molar-refractivity contribution >= 4 is 40.5 Å². The number of amides is 2. The third kappa shape index (κ3) is 3.73. The van der Waals surface area contributed by atoms with Gasteiger partial charge in [0.1, 0.15) is 11.6 Å². The number of halogens is 1. The Balaban J connectivity index is 1.41. The molecule has 1 aliphatic carbocycles. The Labute approximate surface area is 189 Å². The van der Waals surface area contributed by atoms with Crippen LogP contribution >= 0.6 is 11.6 Å². The Bertz CT molecular complexity index is 1220. The normalized spacial score (nSPS) is 19.2. The van der Waals surface area contributed by atoms with Gasteiger partial charge in [0.2, 0.25) is 5.91 Å². The van der Waals surface area contributed by atoms with Gasteiger partial charge in [0.15, 0.2) is 11.3 Å². The number of piperazine rings is 1. The van der Waals surface area contributed by atoms with Crippen molar-refractivity contribution in [2.45, 2.75) is 37.9 Å². The van der Waals surface area contributed by atoms with Gasteiger partial charge in [-0.1, -0.05) is 11.6 Å². The fourth-order valence-electron chi connectivity index (χ4n) is 3.92. The van der Waals surface area contributed by atoms with Crippen molar-refractivity contribution < 1.29 is 18.7 Å². The van der Waals surface area contributed by atoms with Crippen LogP contribution in [0, 0.1) is 0 Å². The number of ether oxygens (including phenoxy) is 1. The number of pyridine rings is 1. The second-order valence-electron chi connectivity index (χ2n) is 8.24. The number of nitrogens with zero attached hydrogens (tertiary/aromatic N) is 3. The predicted molar refractivity (Wildman–Crippen MR) is 118 cm³/mol. The standard InChI is InChI=1S/C22H22ClN5O4/c1-12-19(29)27-22(4-5-22)11-28(12)20(30)13-7-16-18(17(8-13)31-2)32-21(26-16)25-10-15-9-14(23)3-6-24-15/h3,6-9,12H,4-5,10-11H2,1-2H3,(H,25,26)(H,27,29). The van der Waals surface area contributed by atoms with Crippen molar-refractivity contribution in [2.24, 2.45) is 0 Å². The molecule has 2 fully saturated rings. The van der Waals surface area contributed by atoms with E-state index in [1.807, 2.05) is 0 Å². The first-order valence-electron chi connectivity index (χ1n) is 10.3. The molecule has 2 N–H and O–H groups in total. The Morgan fingerprint density at radius 2 is 2.22 bits per heavy atom. The molecule has 3 heterocycles.